The first-order valence-corrected chi connectivity index (χ1v) is 7.35. The average molecular weight is 298 g/mol. The van der Waals surface area contributed by atoms with E-state index in [0.29, 0.717) is 12.1 Å². The van der Waals surface area contributed by atoms with Crippen LogP contribution in [-0.4, -0.2) is 42.1 Å². The Hall–Kier alpha value is -1.73. The van der Waals surface area contributed by atoms with E-state index in [-0.39, 0.29) is 17.2 Å². The van der Waals surface area contributed by atoms with Crippen molar-refractivity contribution in [2.45, 2.75) is 12.5 Å². The number of anilines is 1. The quantitative estimate of drug-likeness (QED) is 0.703. The molecule has 0 radical (unpaired) electrons. The molecule has 0 saturated heterocycles. The van der Waals surface area contributed by atoms with Crippen LogP contribution in [0.5, 0.6) is 5.75 Å². The van der Waals surface area contributed by atoms with Gasteiger partial charge in [0, 0.05) is 11.8 Å². The zero-order valence-electron chi connectivity index (χ0n) is 11.4. The number of thioether (sulfide) groups is 1. The van der Waals surface area contributed by atoms with E-state index in [0.717, 1.165) is 5.75 Å². The molecule has 0 fully saturated rings. The van der Waals surface area contributed by atoms with Crippen molar-refractivity contribution >= 4 is 29.3 Å². The summed E-state index contributed by atoms with van der Waals surface area (Å²) in [6.45, 7) is 0. The number of methoxy groups -OCH3 is 1. The summed E-state index contributed by atoms with van der Waals surface area (Å²) in [4.78, 5) is 22.8. The van der Waals surface area contributed by atoms with E-state index >= 15 is 0 Å². The summed E-state index contributed by atoms with van der Waals surface area (Å²) in [5, 5.41) is 11.6. The SMILES string of the molecule is COc1cc(NC(=O)[C@H](N)CCSC)ccc1C(=O)O. The summed E-state index contributed by atoms with van der Waals surface area (Å²) in [6, 6.07) is 3.76. The zero-order chi connectivity index (χ0) is 15.1. The van der Waals surface area contributed by atoms with Crippen LogP contribution in [0.1, 0.15) is 16.8 Å². The summed E-state index contributed by atoms with van der Waals surface area (Å²) in [7, 11) is 1.37. The number of carboxylic acid groups (broad SMARTS) is 1. The van der Waals surface area contributed by atoms with Crippen molar-refractivity contribution in [3.8, 4) is 5.75 Å². The molecule has 0 saturated carbocycles. The van der Waals surface area contributed by atoms with E-state index in [1.54, 1.807) is 11.8 Å². The maximum Gasteiger partial charge on any atom is 0.339 e. The minimum Gasteiger partial charge on any atom is -0.496 e. The second-order valence-electron chi connectivity index (χ2n) is 4.10. The Morgan fingerprint density at radius 1 is 1.50 bits per heavy atom. The number of hydrogen-bond donors (Lipinski definition) is 3. The molecule has 1 rings (SSSR count). The summed E-state index contributed by atoms with van der Waals surface area (Å²) in [5.41, 5.74) is 6.24. The van der Waals surface area contributed by atoms with Gasteiger partial charge in [-0.3, -0.25) is 4.79 Å². The Morgan fingerprint density at radius 3 is 2.75 bits per heavy atom. The fourth-order valence-electron chi connectivity index (χ4n) is 1.56. The van der Waals surface area contributed by atoms with E-state index in [2.05, 4.69) is 5.32 Å². The lowest BCUT2D eigenvalue weighted by atomic mass is 10.1. The van der Waals surface area contributed by atoms with Crippen molar-refractivity contribution < 1.29 is 19.4 Å². The van der Waals surface area contributed by atoms with Crippen LogP contribution in [0.3, 0.4) is 0 Å². The van der Waals surface area contributed by atoms with Crippen molar-refractivity contribution in [2.24, 2.45) is 5.73 Å². The van der Waals surface area contributed by atoms with Gasteiger partial charge in [-0.15, -0.1) is 0 Å². The van der Waals surface area contributed by atoms with Gasteiger partial charge in [0.2, 0.25) is 5.91 Å². The number of carbonyl (C=O) groups excluding carboxylic acids is 1. The number of rotatable bonds is 7. The maximum absolute atomic E-state index is 11.8. The third kappa shape index (κ3) is 4.43. The standard InChI is InChI=1S/C13H18N2O4S/c1-19-11-7-8(3-4-9(11)13(17)18)15-12(16)10(14)5-6-20-2/h3-4,7,10H,5-6,14H2,1-2H3,(H,15,16)(H,17,18)/t10-/m1/s1. The Balaban J connectivity index is 2.78. The lowest BCUT2D eigenvalue weighted by Crippen LogP contribution is -2.36. The number of nitrogens with two attached hydrogens (primary N) is 1. The maximum atomic E-state index is 11.8. The molecule has 0 heterocycles. The van der Waals surface area contributed by atoms with Crippen LogP contribution in [-0.2, 0) is 4.79 Å². The van der Waals surface area contributed by atoms with Crippen LogP contribution in [0, 0.1) is 0 Å². The fraction of sp³-hybridized carbons (Fsp3) is 0.385. The highest BCUT2D eigenvalue weighted by molar-refractivity contribution is 7.98. The lowest BCUT2D eigenvalue weighted by molar-refractivity contribution is -0.117. The van der Waals surface area contributed by atoms with Gasteiger partial charge in [-0.05, 0) is 30.6 Å². The van der Waals surface area contributed by atoms with Crippen molar-refractivity contribution in [1.29, 1.82) is 0 Å². The molecule has 4 N–H and O–H groups in total. The smallest absolute Gasteiger partial charge is 0.339 e. The molecule has 20 heavy (non-hydrogen) atoms. The first-order chi connectivity index (χ1) is 9.49. The summed E-state index contributed by atoms with van der Waals surface area (Å²) in [5.74, 6) is -0.399. The molecule has 1 aromatic rings. The molecule has 110 valence electrons. The van der Waals surface area contributed by atoms with E-state index in [1.807, 2.05) is 6.26 Å². The molecule has 0 aliphatic rings. The highest BCUT2D eigenvalue weighted by Gasteiger charge is 2.15. The zero-order valence-corrected chi connectivity index (χ0v) is 12.2. The summed E-state index contributed by atoms with van der Waals surface area (Å²) < 4.78 is 4.99. The number of nitrogens with one attached hydrogen (secondary N) is 1. The molecule has 1 atom stereocenters. The third-order valence-electron chi connectivity index (χ3n) is 2.67. The largest absolute Gasteiger partial charge is 0.496 e. The average Bonchev–Trinajstić information content (AvgIpc) is 2.44. The van der Waals surface area contributed by atoms with Crippen molar-refractivity contribution in [1.82, 2.24) is 0 Å². The number of ether oxygens (including phenoxy) is 1. The molecule has 0 bridgehead atoms. The molecule has 6 nitrogen and oxygen atoms in total. The van der Waals surface area contributed by atoms with Gasteiger partial charge in [0.15, 0.2) is 0 Å². The van der Waals surface area contributed by atoms with Gasteiger partial charge in [-0.2, -0.15) is 11.8 Å². The second kappa shape index (κ2) is 7.76. The molecule has 7 heteroatoms. The number of carboxylic acids is 1. The Bertz CT molecular complexity index is 493. The fourth-order valence-corrected chi connectivity index (χ4v) is 2.05. The second-order valence-corrected chi connectivity index (χ2v) is 5.08. The van der Waals surface area contributed by atoms with Crippen LogP contribution >= 0.6 is 11.8 Å². The predicted molar refractivity (Wildman–Crippen MR) is 79.6 cm³/mol. The number of amides is 1. The molecule has 0 aliphatic carbocycles. The van der Waals surface area contributed by atoms with Crippen LogP contribution < -0.4 is 15.8 Å². The van der Waals surface area contributed by atoms with Crippen molar-refractivity contribution in [3.05, 3.63) is 23.8 Å². The van der Waals surface area contributed by atoms with E-state index in [9.17, 15) is 9.59 Å². The van der Waals surface area contributed by atoms with Crippen molar-refractivity contribution in [3.63, 3.8) is 0 Å². The van der Waals surface area contributed by atoms with Gasteiger partial charge in [0.25, 0.3) is 0 Å². The number of aromatic carboxylic acids is 1. The minimum atomic E-state index is -1.09. The molecular formula is C13H18N2O4S. The lowest BCUT2D eigenvalue weighted by Gasteiger charge is -2.13. The van der Waals surface area contributed by atoms with E-state index in [4.69, 9.17) is 15.6 Å². The predicted octanol–water partition coefficient (Wildman–Crippen LogP) is 1.41. The molecule has 0 aliphatic heterocycles. The van der Waals surface area contributed by atoms with E-state index < -0.39 is 12.0 Å². The first kappa shape index (κ1) is 16.3. The van der Waals surface area contributed by atoms with Gasteiger partial charge < -0.3 is 20.9 Å². The topological polar surface area (TPSA) is 102 Å². The molecule has 1 amide bonds. The van der Waals surface area contributed by atoms with Gasteiger partial charge in [0.1, 0.15) is 11.3 Å². The monoisotopic (exact) mass is 298 g/mol. The first-order valence-electron chi connectivity index (χ1n) is 5.96. The Kier molecular flexibility index (Phi) is 6.33. The highest BCUT2D eigenvalue weighted by atomic mass is 32.2. The Morgan fingerprint density at radius 2 is 2.20 bits per heavy atom. The van der Waals surface area contributed by atoms with Gasteiger partial charge in [-0.25, -0.2) is 4.79 Å². The number of benzene rings is 1. The van der Waals surface area contributed by atoms with Crippen LogP contribution in [0.4, 0.5) is 5.69 Å². The number of carbonyl (C=O) groups is 2. The minimum absolute atomic E-state index is 0.0391. The van der Waals surface area contributed by atoms with Crippen LogP contribution in [0.2, 0.25) is 0 Å². The highest BCUT2D eigenvalue weighted by Crippen LogP contribution is 2.23. The summed E-state index contributed by atoms with van der Waals surface area (Å²) in [6.07, 6.45) is 2.53. The summed E-state index contributed by atoms with van der Waals surface area (Å²) >= 11 is 1.62. The molecule has 1 aromatic carbocycles. The number of hydrogen-bond acceptors (Lipinski definition) is 5. The van der Waals surface area contributed by atoms with Crippen molar-refractivity contribution in [2.75, 3.05) is 24.4 Å². The van der Waals surface area contributed by atoms with Gasteiger partial charge >= 0.3 is 5.97 Å². The Labute approximate surface area is 121 Å². The van der Waals surface area contributed by atoms with Gasteiger partial charge in [0.05, 0.1) is 13.2 Å². The van der Waals surface area contributed by atoms with E-state index in [1.165, 1.54) is 25.3 Å². The van der Waals surface area contributed by atoms with Gasteiger partial charge in [-0.1, -0.05) is 0 Å². The molecule has 0 unspecified atom stereocenters. The molecule has 0 aromatic heterocycles. The molecule has 0 spiro atoms. The van der Waals surface area contributed by atoms with Crippen LogP contribution in [0.15, 0.2) is 18.2 Å². The molecular weight excluding hydrogens is 280 g/mol. The van der Waals surface area contributed by atoms with Crippen LogP contribution in [0.25, 0.3) is 0 Å². The third-order valence-corrected chi connectivity index (χ3v) is 3.31. The normalized spacial score (nSPS) is 11.8.